The first-order valence-electron chi connectivity index (χ1n) is 7.16. The molecular formula is C14H26FN. The van der Waals surface area contributed by atoms with Crippen molar-refractivity contribution in [2.75, 3.05) is 13.1 Å². The monoisotopic (exact) mass is 227 g/mol. The summed E-state index contributed by atoms with van der Waals surface area (Å²) in [5.41, 5.74) is 0. The van der Waals surface area contributed by atoms with Gasteiger partial charge in [0.2, 0.25) is 0 Å². The molecule has 0 aromatic rings. The lowest BCUT2D eigenvalue weighted by molar-refractivity contribution is 0.0869. The molecule has 1 atom stereocenters. The molecule has 1 aliphatic heterocycles. The van der Waals surface area contributed by atoms with Gasteiger partial charge < -0.3 is 5.32 Å². The summed E-state index contributed by atoms with van der Waals surface area (Å²) in [7, 11) is 0. The Balaban J connectivity index is 1.78. The number of piperidine rings is 1. The lowest BCUT2D eigenvalue weighted by atomic mass is 9.74. The second-order valence-electron chi connectivity index (χ2n) is 5.72. The second kappa shape index (κ2) is 6.00. The van der Waals surface area contributed by atoms with Crippen LogP contribution in [0.25, 0.3) is 0 Å². The average Bonchev–Trinajstić information content (AvgIpc) is 2.39. The first kappa shape index (κ1) is 12.3. The molecule has 0 bridgehead atoms. The van der Waals surface area contributed by atoms with Gasteiger partial charge in [-0.15, -0.1) is 0 Å². The van der Waals surface area contributed by atoms with Crippen LogP contribution < -0.4 is 5.32 Å². The Kier molecular flexibility index (Phi) is 4.63. The zero-order valence-corrected chi connectivity index (χ0v) is 10.6. The maximum absolute atomic E-state index is 14.4. The Bertz CT molecular complexity index is 193. The summed E-state index contributed by atoms with van der Waals surface area (Å²) in [4.78, 5) is 0. The third-order valence-corrected chi connectivity index (χ3v) is 4.75. The lowest BCUT2D eigenvalue weighted by Crippen LogP contribution is -2.36. The molecule has 1 aliphatic carbocycles. The highest BCUT2D eigenvalue weighted by molar-refractivity contribution is 4.84. The standard InChI is InChI=1S/C14H26FN/c1-2-11-3-5-12(6-4-11)14(15)13-7-9-16-10-8-13/h11-14,16H,2-10H2,1H3. The van der Waals surface area contributed by atoms with Crippen LogP contribution in [0.4, 0.5) is 4.39 Å². The summed E-state index contributed by atoms with van der Waals surface area (Å²) >= 11 is 0. The molecule has 1 unspecified atom stereocenters. The smallest absolute Gasteiger partial charge is 0.106 e. The average molecular weight is 227 g/mol. The highest BCUT2D eigenvalue weighted by Crippen LogP contribution is 2.37. The van der Waals surface area contributed by atoms with Gasteiger partial charge in [-0.25, -0.2) is 4.39 Å². The van der Waals surface area contributed by atoms with E-state index in [1.165, 1.54) is 19.3 Å². The van der Waals surface area contributed by atoms with E-state index in [1.54, 1.807) is 0 Å². The van der Waals surface area contributed by atoms with Crippen molar-refractivity contribution in [3.63, 3.8) is 0 Å². The molecule has 0 radical (unpaired) electrons. The Morgan fingerprint density at radius 1 is 1.00 bits per heavy atom. The predicted octanol–water partition coefficient (Wildman–Crippen LogP) is 3.54. The number of halogens is 1. The van der Waals surface area contributed by atoms with Gasteiger partial charge in [-0.2, -0.15) is 0 Å². The van der Waals surface area contributed by atoms with Gasteiger partial charge in [0.25, 0.3) is 0 Å². The molecule has 1 heterocycles. The molecule has 1 nitrogen and oxygen atoms in total. The van der Waals surface area contributed by atoms with Crippen LogP contribution in [0.15, 0.2) is 0 Å². The minimum Gasteiger partial charge on any atom is -0.317 e. The van der Waals surface area contributed by atoms with Crippen molar-refractivity contribution in [1.82, 2.24) is 5.32 Å². The van der Waals surface area contributed by atoms with E-state index in [4.69, 9.17) is 0 Å². The molecule has 2 aliphatic rings. The normalized spacial score (nSPS) is 34.9. The third kappa shape index (κ3) is 2.97. The maximum Gasteiger partial charge on any atom is 0.106 e. The SMILES string of the molecule is CCC1CCC(C(F)C2CCNCC2)CC1. The van der Waals surface area contributed by atoms with Gasteiger partial charge >= 0.3 is 0 Å². The van der Waals surface area contributed by atoms with Gasteiger partial charge in [0.15, 0.2) is 0 Å². The van der Waals surface area contributed by atoms with E-state index in [0.29, 0.717) is 11.8 Å². The van der Waals surface area contributed by atoms with Crippen molar-refractivity contribution >= 4 is 0 Å². The summed E-state index contributed by atoms with van der Waals surface area (Å²) < 4.78 is 14.4. The third-order valence-electron chi connectivity index (χ3n) is 4.75. The van der Waals surface area contributed by atoms with Crippen LogP contribution in [-0.4, -0.2) is 19.3 Å². The van der Waals surface area contributed by atoms with Crippen molar-refractivity contribution in [3.8, 4) is 0 Å². The van der Waals surface area contributed by atoms with Crippen molar-refractivity contribution in [3.05, 3.63) is 0 Å². The Hall–Kier alpha value is -0.110. The van der Waals surface area contributed by atoms with E-state index in [0.717, 1.165) is 44.7 Å². The zero-order valence-electron chi connectivity index (χ0n) is 10.6. The second-order valence-corrected chi connectivity index (χ2v) is 5.72. The summed E-state index contributed by atoms with van der Waals surface area (Å²) in [5, 5.41) is 3.32. The van der Waals surface area contributed by atoms with E-state index < -0.39 is 6.17 Å². The number of hydrogen-bond donors (Lipinski definition) is 1. The van der Waals surface area contributed by atoms with Gasteiger partial charge in [0.05, 0.1) is 0 Å². The molecule has 0 aromatic heterocycles. The van der Waals surface area contributed by atoms with E-state index >= 15 is 0 Å². The van der Waals surface area contributed by atoms with Gasteiger partial charge in [-0.1, -0.05) is 26.2 Å². The lowest BCUT2D eigenvalue weighted by Gasteiger charge is -2.35. The van der Waals surface area contributed by atoms with Gasteiger partial charge in [-0.05, 0) is 56.5 Å². The fraction of sp³-hybridized carbons (Fsp3) is 1.00. The first-order valence-corrected chi connectivity index (χ1v) is 7.16. The van der Waals surface area contributed by atoms with Crippen molar-refractivity contribution in [1.29, 1.82) is 0 Å². The fourth-order valence-electron chi connectivity index (χ4n) is 3.46. The van der Waals surface area contributed by atoms with E-state index in [9.17, 15) is 4.39 Å². The number of nitrogens with one attached hydrogen (secondary N) is 1. The van der Waals surface area contributed by atoms with Crippen LogP contribution in [0.1, 0.15) is 51.9 Å². The fourth-order valence-corrected chi connectivity index (χ4v) is 3.46. The zero-order chi connectivity index (χ0) is 11.4. The largest absolute Gasteiger partial charge is 0.317 e. The number of alkyl halides is 1. The van der Waals surface area contributed by atoms with Gasteiger partial charge in [0.1, 0.15) is 6.17 Å². The highest BCUT2D eigenvalue weighted by Gasteiger charge is 2.32. The Morgan fingerprint density at radius 3 is 2.12 bits per heavy atom. The van der Waals surface area contributed by atoms with Crippen LogP contribution in [0.3, 0.4) is 0 Å². The molecule has 2 heteroatoms. The number of hydrogen-bond acceptors (Lipinski definition) is 1. The summed E-state index contributed by atoms with van der Waals surface area (Å²) in [6.45, 7) is 4.31. The number of rotatable bonds is 3. The first-order chi connectivity index (χ1) is 7.81. The molecule has 94 valence electrons. The molecule has 0 spiro atoms. The molecule has 1 N–H and O–H groups in total. The summed E-state index contributed by atoms with van der Waals surface area (Å²) in [6.07, 6.45) is 7.70. The van der Waals surface area contributed by atoms with Crippen LogP contribution in [0.5, 0.6) is 0 Å². The van der Waals surface area contributed by atoms with Crippen molar-refractivity contribution in [2.45, 2.75) is 58.0 Å². The molecule has 0 amide bonds. The van der Waals surface area contributed by atoms with Crippen LogP contribution in [0.2, 0.25) is 0 Å². The quantitative estimate of drug-likeness (QED) is 0.777. The molecular weight excluding hydrogens is 201 g/mol. The summed E-state index contributed by atoms with van der Waals surface area (Å²) in [6, 6.07) is 0. The molecule has 0 aromatic carbocycles. The molecule has 2 rings (SSSR count). The van der Waals surface area contributed by atoms with Gasteiger partial charge in [-0.3, -0.25) is 0 Å². The Morgan fingerprint density at radius 2 is 1.56 bits per heavy atom. The topological polar surface area (TPSA) is 12.0 Å². The molecule has 1 saturated carbocycles. The predicted molar refractivity (Wildman–Crippen MR) is 66.2 cm³/mol. The highest BCUT2D eigenvalue weighted by atomic mass is 19.1. The van der Waals surface area contributed by atoms with E-state index in [1.807, 2.05) is 0 Å². The molecule has 1 saturated heterocycles. The minimum absolute atomic E-state index is 0.351. The van der Waals surface area contributed by atoms with Crippen molar-refractivity contribution in [2.24, 2.45) is 17.8 Å². The van der Waals surface area contributed by atoms with E-state index in [-0.39, 0.29) is 0 Å². The van der Waals surface area contributed by atoms with Crippen LogP contribution >= 0.6 is 0 Å². The van der Waals surface area contributed by atoms with Gasteiger partial charge in [0, 0.05) is 0 Å². The van der Waals surface area contributed by atoms with E-state index in [2.05, 4.69) is 12.2 Å². The molecule has 16 heavy (non-hydrogen) atoms. The minimum atomic E-state index is -0.514. The van der Waals surface area contributed by atoms with Crippen LogP contribution in [0, 0.1) is 17.8 Å². The molecule has 2 fully saturated rings. The Labute approximate surface area is 99.2 Å². The summed E-state index contributed by atoms with van der Waals surface area (Å²) in [5.74, 6) is 1.62. The maximum atomic E-state index is 14.4. The van der Waals surface area contributed by atoms with Crippen LogP contribution in [-0.2, 0) is 0 Å². The van der Waals surface area contributed by atoms with Crippen molar-refractivity contribution < 1.29 is 4.39 Å².